The van der Waals surface area contributed by atoms with E-state index in [2.05, 4.69) is 31.9 Å². The Morgan fingerprint density at radius 3 is 2.52 bits per heavy atom. The topological polar surface area (TPSA) is 52.3 Å². The van der Waals surface area contributed by atoms with Crippen molar-refractivity contribution in [2.75, 3.05) is 5.73 Å². The Kier molecular flexibility index (Phi) is 4.95. The largest absolute Gasteiger partial charge is 0.457 e. The monoisotopic (exact) mass is 419 g/mol. The van der Waals surface area contributed by atoms with Gasteiger partial charge in [0.1, 0.15) is 18.2 Å². The number of nitrogen functional groups attached to an aromatic ring is 1. The normalized spacial score (nSPS) is 10.5. The van der Waals surface area contributed by atoms with Crippen LogP contribution in [0.3, 0.4) is 0 Å². The molecule has 2 rings (SSSR count). The first kappa shape index (κ1) is 15.9. The lowest BCUT2D eigenvalue weighted by Gasteiger charge is -2.08. The molecule has 0 bridgehead atoms. The van der Waals surface area contributed by atoms with Crippen molar-refractivity contribution in [3.63, 3.8) is 0 Å². The Labute approximate surface area is 136 Å². The molecule has 0 atom stereocenters. The minimum absolute atomic E-state index is 0.101. The van der Waals surface area contributed by atoms with Gasteiger partial charge in [-0.1, -0.05) is 15.9 Å². The minimum atomic E-state index is -0.686. The van der Waals surface area contributed by atoms with Crippen LogP contribution in [0.15, 0.2) is 39.3 Å². The molecule has 7 heteroatoms. The Hall–Kier alpha value is -1.47. The first-order valence-electron chi connectivity index (χ1n) is 5.73. The molecule has 0 heterocycles. The van der Waals surface area contributed by atoms with Crippen molar-refractivity contribution in [1.29, 1.82) is 0 Å². The van der Waals surface area contributed by atoms with E-state index in [4.69, 9.17) is 10.5 Å². The van der Waals surface area contributed by atoms with E-state index >= 15 is 0 Å². The molecule has 2 aromatic carbocycles. The van der Waals surface area contributed by atoms with E-state index in [1.807, 2.05) is 0 Å². The lowest BCUT2D eigenvalue weighted by Crippen LogP contribution is -2.08. The zero-order chi connectivity index (χ0) is 15.6. The Balaban J connectivity index is 2.13. The summed E-state index contributed by atoms with van der Waals surface area (Å²) >= 11 is 6.22. The molecule has 0 aliphatic heterocycles. The minimum Gasteiger partial charge on any atom is -0.457 e. The number of carbonyl (C=O) groups excluding carboxylic acids is 1. The van der Waals surface area contributed by atoms with E-state index < -0.39 is 17.6 Å². The average molecular weight is 421 g/mol. The number of hydrogen-bond acceptors (Lipinski definition) is 3. The van der Waals surface area contributed by atoms with Crippen LogP contribution in [0.5, 0.6) is 0 Å². The average Bonchev–Trinajstić information content (AvgIpc) is 2.39. The zero-order valence-electron chi connectivity index (χ0n) is 10.5. The highest BCUT2D eigenvalue weighted by Gasteiger charge is 2.15. The van der Waals surface area contributed by atoms with Crippen molar-refractivity contribution in [2.24, 2.45) is 0 Å². The second-order valence-corrected chi connectivity index (χ2v) is 5.98. The van der Waals surface area contributed by atoms with E-state index in [0.717, 1.165) is 6.07 Å². The van der Waals surface area contributed by atoms with Crippen molar-refractivity contribution >= 4 is 43.5 Å². The molecular weight excluding hydrogens is 412 g/mol. The van der Waals surface area contributed by atoms with Crippen LogP contribution in [0.25, 0.3) is 0 Å². The summed E-state index contributed by atoms with van der Waals surface area (Å²) < 4.78 is 32.3. The van der Waals surface area contributed by atoms with Crippen molar-refractivity contribution in [3.8, 4) is 0 Å². The molecule has 0 fully saturated rings. The molecule has 3 nitrogen and oxygen atoms in total. The van der Waals surface area contributed by atoms with Crippen molar-refractivity contribution in [3.05, 3.63) is 62.0 Å². The standard InChI is InChI=1S/C14H9Br2F2NO2/c15-8-1-7(2-9(17)3-8)6-21-14(20)10-4-13(19)12(18)5-11(10)16/h1-5H,6,19H2. The molecule has 110 valence electrons. The molecule has 0 saturated carbocycles. The highest BCUT2D eigenvalue weighted by molar-refractivity contribution is 9.10. The van der Waals surface area contributed by atoms with Gasteiger partial charge in [-0.05, 0) is 51.8 Å². The molecule has 0 aliphatic rings. The van der Waals surface area contributed by atoms with Crippen molar-refractivity contribution in [2.45, 2.75) is 6.61 Å². The van der Waals surface area contributed by atoms with E-state index in [9.17, 15) is 13.6 Å². The molecule has 0 aliphatic carbocycles. The van der Waals surface area contributed by atoms with Crippen LogP contribution < -0.4 is 5.73 Å². The molecule has 0 radical (unpaired) electrons. The summed E-state index contributed by atoms with van der Waals surface area (Å²) in [5.74, 6) is -1.76. The van der Waals surface area contributed by atoms with Crippen LogP contribution in [0, 0.1) is 11.6 Å². The van der Waals surface area contributed by atoms with Gasteiger partial charge in [-0.3, -0.25) is 0 Å². The summed E-state index contributed by atoms with van der Waals surface area (Å²) in [6.45, 7) is -0.112. The van der Waals surface area contributed by atoms with Gasteiger partial charge < -0.3 is 10.5 Å². The molecule has 2 aromatic rings. The number of halogens is 4. The molecule has 21 heavy (non-hydrogen) atoms. The predicted octanol–water partition coefficient (Wildman–Crippen LogP) is 4.43. The van der Waals surface area contributed by atoms with Crippen molar-refractivity contribution < 1.29 is 18.3 Å². The van der Waals surface area contributed by atoms with Crippen LogP contribution in [-0.2, 0) is 11.3 Å². The van der Waals surface area contributed by atoms with Gasteiger partial charge in [-0.2, -0.15) is 0 Å². The predicted molar refractivity (Wildman–Crippen MR) is 81.7 cm³/mol. The van der Waals surface area contributed by atoms with Gasteiger partial charge in [0.15, 0.2) is 0 Å². The Morgan fingerprint density at radius 2 is 1.86 bits per heavy atom. The van der Waals surface area contributed by atoms with Gasteiger partial charge in [0.2, 0.25) is 0 Å². The SMILES string of the molecule is Nc1cc(C(=O)OCc2cc(F)cc(Br)c2)c(Br)cc1F. The van der Waals surface area contributed by atoms with Crippen LogP contribution in [0.2, 0.25) is 0 Å². The van der Waals surface area contributed by atoms with Gasteiger partial charge in [-0.25, -0.2) is 13.6 Å². The molecule has 0 aromatic heterocycles. The third-order valence-electron chi connectivity index (χ3n) is 2.60. The molecule has 2 N–H and O–H groups in total. The summed E-state index contributed by atoms with van der Waals surface area (Å²) in [6, 6.07) is 6.45. The van der Waals surface area contributed by atoms with Gasteiger partial charge in [0.05, 0.1) is 11.3 Å². The smallest absolute Gasteiger partial charge is 0.339 e. The number of ether oxygens (including phenoxy) is 1. The van der Waals surface area contributed by atoms with E-state index in [1.54, 1.807) is 6.07 Å². The second-order valence-electron chi connectivity index (χ2n) is 4.21. The fourth-order valence-electron chi connectivity index (χ4n) is 1.64. The summed E-state index contributed by atoms with van der Waals surface area (Å²) in [6.07, 6.45) is 0. The fraction of sp³-hybridized carbons (Fsp3) is 0.0714. The third kappa shape index (κ3) is 4.01. The number of benzene rings is 2. The number of esters is 1. The quantitative estimate of drug-likeness (QED) is 0.590. The first-order valence-corrected chi connectivity index (χ1v) is 7.32. The maximum Gasteiger partial charge on any atom is 0.339 e. The fourth-order valence-corrected chi connectivity index (χ4v) is 2.63. The van der Waals surface area contributed by atoms with Crippen LogP contribution in [0.1, 0.15) is 15.9 Å². The summed E-state index contributed by atoms with van der Waals surface area (Å²) in [5.41, 5.74) is 5.85. The van der Waals surface area contributed by atoms with E-state index in [-0.39, 0.29) is 22.3 Å². The number of rotatable bonds is 3. The summed E-state index contributed by atoms with van der Waals surface area (Å²) in [5, 5.41) is 0. The first-order chi connectivity index (χ1) is 9.86. The zero-order valence-corrected chi connectivity index (χ0v) is 13.7. The lowest BCUT2D eigenvalue weighted by atomic mass is 10.2. The number of carbonyl (C=O) groups is 1. The van der Waals surface area contributed by atoms with Gasteiger partial charge in [0, 0.05) is 8.95 Å². The second kappa shape index (κ2) is 6.53. The number of hydrogen-bond donors (Lipinski definition) is 1. The number of nitrogens with two attached hydrogens (primary N) is 1. The maximum absolute atomic E-state index is 13.2. The highest BCUT2D eigenvalue weighted by atomic mass is 79.9. The van der Waals surface area contributed by atoms with Gasteiger partial charge in [0.25, 0.3) is 0 Å². The van der Waals surface area contributed by atoms with Gasteiger partial charge in [-0.15, -0.1) is 0 Å². The van der Waals surface area contributed by atoms with Crippen LogP contribution in [0.4, 0.5) is 14.5 Å². The highest BCUT2D eigenvalue weighted by Crippen LogP contribution is 2.24. The maximum atomic E-state index is 13.2. The van der Waals surface area contributed by atoms with E-state index in [0.29, 0.717) is 10.0 Å². The van der Waals surface area contributed by atoms with Crippen LogP contribution >= 0.6 is 31.9 Å². The van der Waals surface area contributed by atoms with Crippen LogP contribution in [-0.4, -0.2) is 5.97 Å². The van der Waals surface area contributed by atoms with Crippen molar-refractivity contribution in [1.82, 2.24) is 0 Å². The summed E-state index contributed by atoms with van der Waals surface area (Å²) in [4.78, 5) is 11.9. The molecule has 0 saturated heterocycles. The molecule has 0 unspecified atom stereocenters. The molecular formula is C14H9Br2F2NO2. The summed E-state index contributed by atoms with van der Waals surface area (Å²) in [7, 11) is 0. The third-order valence-corrected chi connectivity index (χ3v) is 3.71. The number of anilines is 1. The van der Waals surface area contributed by atoms with E-state index in [1.165, 1.54) is 18.2 Å². The lowest BCUT2D eigenvalue weighted by molar-refractivity contribution is 0.0471. The Bertz CT molecular complexity index is 687. The Morgan fingerprint density at radius 1 is 1.14 bits per heavy atom. The van der Waals surface area contributed by atoms with Gasteiger partial charge >= 0.3 is 5.97 Å². The molecule has 0 amide bonds. The molecule has 0 spiro atoms.